The van der Waals surface area contributed by atoms with Crippen molar-refractivity contribution in [2.75, 3.05) is 30.9 Å². The van der Waals surface area contributed by atoms with Crippen molar-refractivity contribution in [3.05, 3.63) is 47.0 Å². The van der Waals surface area contributed by atoms with Crippen molar-refractivity contribution < 1.29 is 9.53 Å². The number of hydrogen-bond acceptors (Lipinski definition) is 6. The first-order valence-electron chi connectivity index (χ1n) is 8.21. The lowest BCUT2D eigenvalue weighted by atomic mass is 10.1. The first kappa shape index (κ1) is 17.2. The molecule has 7 nitrogen and oxygen atoms in total. The molecule has 1 amide bonds. The molecule has 2 aromatic rings. The number of aromatic nitrogens is 1. The lowest BCUT2D eigenvalue weighted by Gasteiger charge is -2.15. The highest BCUT2D eigenvalue weighted by atomic mass is 16.5. The fraction of sp³-hybridized carbons (Fsp3) is 0.333. The van der Waals surface area contributed by atoms with Crippen molar-refractivity contribution in [3.63, 3.8) is 0 Å². The molecule has 3 rings (SSSR count). The van der Waals surface area contributed by atoms with Gasteiger partial charge >= 0.3 is 0 Å². The molecule has 1 aromatic heterocycles. The number of hydrogen-bond donors (Lipinski definition) is 4. The van der Waals surface area contributed by atoms with Crippen molar-refractivity contribution in [2.24, 2.45) is 5.73 Å². The smallest absolute Gasteiger partial charge is 0.255 e. The molecule has 2 heterocycles. The number of anilines is 3. The Morgan fingerprint density at radius 2 is 2.12 bits per heavy atom. The lowest BCUT2D eigenvalue weighted by molar-refractivity contribution is 0.0966. The van der Waals surface area contributed by atoms with Gasteiger partial charge in [0.1, 0.15) is 11.6 Å². The number of rotatable bonds is 7. The number of carbonyl (C=O) groups excluding carboxylic acids is 1. The van der Waals surface area contributed by atoms with E-state index in [2.05, 4.69) is 20.9 Å². The molecular weight excluding hydrogens is 318 g/mol. The van der Waals surface area contributed by atoms with Gasteiger partial charge in [0.2, 0.25) is 0 Å². The number of aryl methyl sites for hydroxylation is 1. The van der Waals surface area contributed by atoms with Gasteiger partial charge in [0.05, 0.1) is 12.2 Å². The van der Waals surface area contributed by atoms with E-state index in [4.69, 9.17) is 10.5 Å². The molecule has 5 N–H and O–H groups in total. The van der Waals surface area contributed by atoms with Gasteiger partial charge in [-0.15, -0.1) is 0 Å². The highest BCUT2D eigenvalue weighted by Gasteiger charge is 2.25. The van der Waals surface area contributed by atoms with Gasteiger partial charge in [-0.25, -0.2) is 4.98 Å². The molecule has 0 saturated carbocycles. The zero-order valence-electron chi connectivity index (χ0n) is 14.4. The number of nitrogens with two attached hydrogens (primary N) is 1. The Labute approximate surface area is 147 Å². The Hall–Kier alpha value is -2.64. The van der Waals surface area contributed by atoms with E-state index in [1.54, 1.807) is 7.11 Å². The maximum atomic E-state index is 12.1. The van der Waals surface area contributed by atoms with Crippen LogP contribution >= 0.6 is 0 Å². The number of amides is 1. The van der Waals surface area contributed by atoms with Crippen molar-refractivity contribution in [1.82, 2.24) is 10.3 Å². The quantitative estimate of drug-likeness (QED) is 0.612. The summed E-state index contributed by atoms with van der Waals surface area (Å²) >= 11 is 0. The molecule has 0 saturated heterocycles. The molecule has 1 aliphatic heterocycles. The second kappa shape index (κ2) is 7.50. The summed E-state index contributed by atoms with van der Waals surface area (Å²) < 4.78 is 5.04. The molecule has 0 spiro atoms. The van der Waals surface area contributed by atoms with Crippen LogP contribution < -0.4 is 21.7 Å². The topological polar surface area (TPSA) is 101 Å². The number of nitrogens with zero attached hydrogens (tertiary/aromatic N) is 1. The molecule has 1 aliphatic rings. The number of fused-ring (bicyclic) bond motifs is 1. The van der Waals surface area contributed by atoms with Gasteiger partial charge in [-0.1, -0.05) is 17.7 Å². The van der Waals surface area contributed by atoms with E-state index >= 15 is 0 Å². The number of pyridine rings is 1. The first-order valence-corrected chi connectivity index (χ1v) is 8.21. The summed E-state index contributed by atoms with van der Waals surface area (Å²) in [7, 11) is 1.62. The Balaban J connectivity index is 1.84. The van der Waals surface area contributed by atoms with Crippen molar-refractivity contribution >= 4 is 23.2 Å². The zero-order chi connectivity index (χ0) is 17.8. The van der Waals surface area contributed by atoms with Crippen molar-refractivity contribution in [3.8, 4) is 0 Å². The molecule has 1 aromatic carbocycles. The van der Waals surface area contributed by atoms with Crippen LogP contribution in [0.2, 0.25) is 0 Å². The van der Waals surface area contributed by atoms with E-state index in [0.29, 0.717) is 36.9 Å². The number of carbonyl (C=O) groups is 1. The normalized spacial score (nSPS) is 14.0. The number of benzene rings is 1. The second-order valence-corrected chi connectivity index (χ2v) is 6.16. The molecule has 0 aliphatic carbocycles. The minimum absolute atomic E-state index is 0.111. The summed E-state index contributed by atoms with van der Waals surface area (Å²) in [5.41, 5.74) is 9.50. The summed E-state index contributed by atoms with van der Waals surface area (Å²) in [6, 6.07) is 9.69. The van der Waals surface area contributed by atoms with E-state index in [-0.39, 0.29) is 11.9 Å². The van der Waals surface area contributed by atoms with Crippen LogP contribution in [0, 0.1) is 6.92 Å². The van der Waals surface area contributed by atoms with E-state index in [9.17, 15) is 4.79 Å². The highest BCUT2D eigenvalue weighted by molar-refractivity contribution is 6.03. The van der Waals surface area contributed by atoms with Crippen LogP contribution in [0.5, 0.6) is 0 Å². The highest BCUT2D eigenvalue weighted by Crippen LogP contribution is 2.28. The third kappa shape index (κ3) is 4.07. The number of nitrogens with one attached hydrogen (secondary N) is 3. The van der Waals surface area contributed by atoms with Crippen LogP contribution in [-0.4, -0.2) is 37.2 Å². The van der Waals surface area contributed by atoms with Gasteiger partial charge in [0.25, 0.3) is 5.91 Å². The standard InChI is InChI=1S/C18H23N5O2/c1-11-3-5-14(6-4-11)22-17-16-12(8-21-18(16)24)7-15(23-17)20-9-13(19)10-25-2/h3-7,13H,8-10,19H2,1-2H3,(H,21,24)(H2,20,22,23)/t13-/m1/s1. The Morgan fingerprint density at radius 1 is 1.36 bits per heavy atom. The first-order chi connectivity index (χ1) is 12.1. The SMILES string of the molecule is COC[C@H](N)CNc1cc2c(c(Nc3ccc(C)cc3)n1)C(=O)NC2. The van der Waals surface area contributed by atoms with Crippen LogP contribution in [0.25, 0.3) is 0 Å². The van der Waals surface area contributed by atoms with E-state index < -0.39 is 0 Å². The molecule has 0 fully saturated rings. The van der Waals surface area contributed by atoms with E-state index in [0.717, 1.165) is 11.3 Å². The third-order valence-electron chi connectivity index (χ3n) is 4.01. The monoisotopic (exact) mass is 341 g/mol. The van der Waals surface area contributed by atoms with Gasteiger partial charge in [0.15, 0.2) is 0 Å². The van der Waals surface area contributed by atoms with E-state index in [1.165, 1.54) is 5.56 Å². The minimum atomic E-state index is -0.131. The zero-order valence-corrected chi connectivity index (χ0v) is 14.4. The van der Waals surface area contributed by atoms with Crippen LogP contribution in [0.15, 0.2) is 30.3 Å². The Morgan fingerprint density at radius 3 is 2.84 bits per heavy atom. The average Bonchev–Trinajstić information content (AvgIpc) is 2.97. The Kier molecular flexibility index (Phi) is 5.16. The summed E-state index contributed by atoms with van der Waals surface area (Å²) in [5.74, 6) is 1.11. The maximum absolute atomic E-state index is 12.1. The molecule has 25 heavy (non-hydrogen) atoms. The van der Waals surface area contributed by atoms with Crippen LogP contribution in [0.3, 0.4) is 0 Å². The second-order valence-electron chi connectivity index (χ2n) is 6.16. The summed E-state index contributed by atoms with van der Waals surface area (Å²) in [5, 5.41) is 9.30. The van der Waals surface area contributed by atoms with Crippen LogP contribution in [0.4, 0.5) is 17.3 Å². The van der Waals surface area contributed by atoms with Gasteiger partial charge in [-0.2, -0.15) is 0 Å². The molecule has 132 valence electrons. The Bertz CT molecular complexity index is 761. The number of ether oxygens (including phenoxy) is 1. The van der Waals surface area contributed by atoms with Gasteiger partial charge in [-0.3, -0.25) is 4.79 Å². The van der Waals surface area contributed by atoms with Gasteiger partial charge < -0.3 is 26.4 Å². The van der Waals surface area contributed by atoms with Crippen LogP contribution in [-0.2, 0) is 11.3 Å². The molecule has 7 heteroatoms. The average molecular weight is 341 g/mol. The van der Waals surface area contributed by atoms with Crippen molar-refractivity contribution in [1.29, 1.82) is 0 Å². The molecule has 1 atom stereocenters. The van der Waals surface area contributed by atoms with Gasteiger partial charge in [0, 0.05) is 31.9 Å². The summed E-state index contributed by atoms with van der Waals surface area (Å²) in [6.45, 7) is 3.52. The van der Waals surface area contributed by atoms with Gasteiger partial charge in [-0.05, 0) is 30.7 Å². The molecular formula is C18H23N5O2. The fourth-order valence-corrected chi connectivity index (χ4v) is 2.72. The maximum Gasteiger partial charge on any atom is 0.255 e. The molecule has 0 radical (unpaired) electrons. The molecule has 0 bridgehead atoms. The predicted octanol–water partition coefficient (Wildman–Crippen LogP) is 1.76. The number of methoxy groups -OCH3 is 1. The summed E-state index contributed by atoms with van der Waals surface area (Å²) in [6.07, 6.45) is 0. The van der Waals surface area contributed by atoms with Crippen LogP contribution in [0.1, 0.15) is 21.5 Å². The summed E-state index contributed by atoms with van der Waals surface area (Å²) in [4.78, 5) is 16.7. The lowest BCUT2D eigenvalue weighted by Crippen LogP contribution is -2.33. The molecule has 0 unspecified atom stereocenters. The third-order valence-corrected chi connectivity index (χ3v) is 4.01. The predicted molar refractivity (Wildman–Crippen MR) is 98.2 cm³/mol. The minimum Gasteiger partial charge on any atom is -0.383 e. The van der Waals surface area contributed by atoms with Crippen molar-refractivity contribution in [2.45, 2.75) is 19.5 Å². The van der Waals surface area contributed by atoms with E-state index in [1.807, 2.05) is 37.3 Å². The fourth-order valence-electron chi connectivity index (χ4n) is 2.72. The largest absolute Gasteiger partial charge is 0.383 e.